The molecule has 1 aliphatic rings. The van der Waals surface area contributed by atoms with Crippen LogP contribution < -0.4 is 15.4 Å². The van der Waals surface area contributed by atoms with Gasteiger partial charge in [-0.05, 0) is 104 Å². The number of hydrogen-bond donors (Lipinski definition) is 2. The summed E-state index contributed by atoms with van der Waals surface area (Å²) in [5.41, 5.74) is 3.37. The van der Waals surface area contributed by atoms with Gasteiger partial charge in [0.05, 0.1) is 4.92 Å². The minimum atomic E-state index is -4.51. The molecule has 3 N–H and O–H groups in total. The standard InChI is InChI=1S/C42H45ClN6O5S2/c1-46(2)23-22-34(29-55-36-9-4-3-5-10-36)45-38-20-21-39(56(44,53)54)40(41(38)49(51)52)42(50)31-14-18-35(19-15-31)48-26-24-47(25-27-48)28-32-8-6-7-11-37(32)30-12-16-33(43)17-13-30/h3-21,34,45H,22-29H2,1-2H3,(H2,44,53,54)/t34-/m1/s1. The van der Waals surface area contributed by atoms with Gasteiger partial charge in [0.2, 0.25) is 15.8 Å². The molecule has 6 rings (SSSR count). The number of nitro groups is 1. The van der Waals surface area contributed by atoms with Crippen molar-refractivity contribution in [2.75, 3.05) is 62.8 Å². The van der Waals surface area contributed by atoms with E-state index in [1.807, 2.05) is 79.7 Å². The fraction of sp³-hybridized carbons (Fsp3) is 0.262. The number of hydrogen-bond acceptors (Lipinski definition) is 10. The highest BCUT2D eigenvalue weighted by Gasteiger charge is 2.34. The van der Waals surface area contributed by atoms with E-state index in [0.29, 0.717) is 23.7 Å². The van der Waals surface area contributed by atoms with E-state index in [4.69, 9.17) is 16.7 Å². The summed E-state index contributed by atoms with van der Waals surface area (Å²) in [7, 11) is -0.627. The highest BCUT2D eigenvalue weighted by molar-refractivity contribution is 7.99. The fourth-order valence-electron chi connectivity index (χ4n) is 6.82. The van der Waals surface area contributed by atoms with Gasteiger partial charge in [-0.1, -0.05) is 66.2 Å². The second-order valence-corrected chi connectivity index (χ2v) is 17.1. The van der Waals surface area contributed by atoms with Crippen molar-refractivity contribution in [3.8, 4) is 11.1 Å². The maximum Gasteiger partial charge on any atom is 0.304 e. The third kappa shape index (κ3) is 10.3. The van der Waals surface area contributed by atoms with E-state index in [1.54, 1.807) is 36.0 Å². The smallest absolute Gasteiger partial charge is 0.304 e. The Bertz CT molecular complexity index is 2250. The maximum atomic E-state index is 14.2. The van der Waals surface area contributed by atoms with Crippen molar-refractivity contribution >= 4 is 56.2 Å². The third-order valence-electron chi connectivity index (χ3n) is 9.77. The van der Waals surface area contributed by atoms with Gasteiger partial charge in [-0.2, -0.15) is 0 Å². The van der Waals surface area contributed by atoms with Gasteiger partial charge in [0.15, 0.2) is 0 Å². The Kier molecular flexibility index (Phi) is 13.5. The van der Waals surface area contributed by atoms with Crippen LogP contribution in [0.15, 0.2) is 125 Å². The predicted molar refractivity (Wildman–Crippen MR) is 226 cm³/mol. The molecule has 5 aromatic rings. The van der Waals surface area contributed by atoms with Crippen LogP contribution in [-0.2, 0) is 16.6 Å². The summed E-state index contributed by atoms with van der Waals surface area (Å²) in [6.07, 6.45) is 0.636. The first-order chi connectivity index (χ1) is 26.9. The number of halogens is 1. The van der Waals surface area contributed by atoms with Crippen molar-refractivity contribution in [2.24, 2.45) is 5.14 Å². The van der Waals surface area contributed by atoms with E-state index in [9.17, 15) is 23.3 Å². The van der Waals surface area contributed by atoms with Crippen LogP contribution in [0.3, 0.4) is 0 Å². The summed E-state index contributed by atoms with van der Waals surface area (Å²) in [6.45, 7) is 4.63. The molecule has 292 valence electrons. The second-order valence-electron chi connectivity index (χ2n) is 14.0. The van der Waals surface area contributed by atoms with Crippen LogP contribution >= 0.6 is 23.4 Å². The van der Waals surface area contributed by atoms with Gasteiger partial charge >= 0.3 is 5.69 Å². The van der Waals surface area contributed by atoms with Crippen molar-refractivity contribution in [1.29, 1.82) is 0 Å². The normalized spacial score (nSPS) is 14.1. The Balaban J connectivity index is 1.19. The predicted octanol–water partition coefficient (Wildman–Crippen LogP) is 7.64. The van der Waals surface area contributed by atoms with Gasteiger partial charge in [-0.15, -0.1) is 11.8 Å². The molecule has 0 amide bonds. The molecule has 0 unspecified atom stereocenters. The molecule has 0 spiro atoms. The molecule has 56 heavy (non-hydrogen) atoms. The molecule has 0 aromatic heterocycles. The zero-order valence-corrected chi connectivity index (χ0v) is 33.7. The van der Waals surface area contributed by atoms with E-state index in [1.165, 1.54) is 23.3 Å². The van der Waals surface area contributed by atoms with Crippen LogP contribution in [-0.4, -0.2) is 87.5 Å². The fourth-order valence-corrected chi connectivity index (χ4v) is 8.67. The molecular formula is C42H45ClN6O5S2. The van der Waals surface area contributed by atoms with Gasteiger partial charge in [-0.3, -0.25) is 19.8 Å². The monoisotopic (exact) mass is 812 g/mol. The zero-order chi connectivity index (χ0) is 39.8. The Hall–Kier alpha value is -4.76. The number of primary sulfonamides is 1. The molecule has 0 bridgehead atoms. The molecule has 1 heterocycles. The number of anilines is 2. The van der Waals surface area contributed by atoms with Gasteiger partial charge < -0.3 is 15.1 Å². The Morgan fingerprint density at radius 1 is 0.911 bits per heavy atom. The van der Waals surface area contributed by atoms with Crippen LogP contribution in [0.2, 0.25) is 5.02 Å². The highest BCUT2D eigenvalue weighted by Crippen LogP contribution is 2.37. The molecule has 11 nitrogen and oxygen atoms in total. The number of nitrogens with one attached hydrogen (secondary N) is 1. The van der Waals surface area contributed by atoms with Crippen molar-refractivity contribution in [2.45, 2.75) is 28.8 Å². The second kappa shape index (κ2) is 18.5. The largest absolute Gasteiger partial charge is 0.376 e. The SMILES string of the molecule is CN(C)CC[C@H](CSc1ccccc1)Nc1ccc(S(N)(=O)=O)c(C(=O)c2ccc(N3CCN(Cc4ccccc4-c4ccc(Cl)cc4)CC3)cc2)c1[N+](=O)[O-]. The summed E-state index contributed by atoms with van der Waals surface area (Å²) >= 11 is 7.72. The van der Waals surface area contributed by atoms with Crippen LogP contribution in [0, 0.1) is 10.1 Å². The maximum absolute atomic E-state index is 14.2. The van der Waals surface area contributed by atoms with Gasteiger partial charge in [-0.25, -0.2) is 13.6 Å². The van der Waals surface area contributed by atoms with E-state index in [0.717, 1.165) is 48.9 Å². The molecule has 0 saturated carbocycles. The highest BCUT2D eigenvalue weighted by atomic mass is 35.5. The number of nitro benzene ring substituents is 1. The number of carbonyl (C=O) groups excluding carboxylic acids is 1. The molecule has 0 radical (unpaired) electrons. The first-order valence-corrected chi connectivity index (χ1v) is 21.2. The Labute approximate surface area is 337 Å². The number of rotatable bonds is 16. The quantitative estimate of drug-likeness (QED) is 0.0442. The average molecular weight is 813 g/mol. The van der Waals surface area contributed by atoms with E-state index in [-0.39, 0.29) is 17.3 Å². The average Bonchev–Trinajstić information content (AvgIpc) is 3.19. The topological polar surface area (TPSA) is 142 Å². The lowest BCUT2D eigenvalue weighted by Crippen LogP contribution is -2.46. The summed E-state index contributed by atoms with van der Waals surface area (Å²) in [4.78, 5) is 33.3. The van der Waals surface area contributed by atoms with Crippen molar-refractivity contribution in [1.82, 2.24) is 9.80 Å². The van der Waals surface area contributed by atoms with Crippen LogP contribution in [0.4, 0.5) is 17.1 Å². The zero-order valence-electron chi connectivity index (χ0n) is 31.3. The molecule has 0 aliphatic carbocycles. The molecular weight excluding hydrogens is 768 g/mol. The first-order valence-electron chi connectivity index (χ1n) is 18.3. The van der Waals surface area contributed by atoms with Crippen LogP contribution in [0.5, 0.6) is 0 Å². The lowest BCUT2D eigenvalue weighted by Gasteiger charge is -2.36. The lowest BCUT2D eigenvalue weighted by molar-refractivity contribution is -0.384. The number of thioether (sulfide) groups is 1. The number of ketones is 1. The van der Waals surface area contributed by atoms with Gasteiger partial charge in [0, 0.05) is 65.7 Å². The first kappa shape index (κ1) is 40.9. The number of piperazine rings is 1. The molecule has 1 fully saturated rings. The Morgan fingerprint density at radius 3 is 2.21 bits per heavy atom. The molecule has 14 heteroatoms. The van der Waals surface area contributed by atoms with E-state index < -0.39 is 36.9 Å². The van der Waals surface area contributed by atoms with Crippen molar-refractivity contribution < 1.29 is 18.1 Å². The van der Waals surface area contributed by atoms with E-state index in [2.05, 4.69) is 33.3 Å². The van der Waals surface area contributed by atoms with E-state index >= 15 is 0 Å². The molecule has 5 aromatic carbocycles. The minimum Gasteiger partial charge on any atom is -0.376 e. The van der Waals surface area contributed by atoms with Gasteiger partial charge in [0.1, 0.15) is 16.1 Å². The molecule has 1 atom stereocenters. The minimum absolute atomic E-state index is 0.0495. The number of benzene rings is 5. The summed E-state index contributed by atoms with van der Waals surface area (Å²) in [5, 5.41) is 22.3. The van der Waals surface area contributed by atoms with Crippen molar-refractivity contribution in [3.05, 3.63) is 147 Å². The summed E-state index contributed by atoms with van der Waals surface area (Å²) in [5.74, 6) is -0.231. The molecule has 1 aliphatic heterocycles. The lowest BCUT2D eigenvalue weighted by atomic mass is 9.99. The van der Waals surface area contributed by atoms with Crippen molar-refractivity contribution in [3.63, 3.8) is 0 Å². The number of carbonyl (C=O) groups is 1. The summed E-state index contributed by atoms with van der Waals surface area (Å²) < 4.78 is 25.6. The Morgan fingerprint density at radius 2 is 1.57 bits per heavy atom. The number of nitrogens with two attached hydrogens (primary N) is 1. The van der Waals surface area contributed by atoms with Crippen LogP contribution in [0.1, 0.15) is 27.9 Å². The number of sulfonamides is 1. The van der Waals surface area contributed by atoms with Crippen LogP contribution in [0.25, 0.3) is 11.1 Å². The number of nitrogens with zero attached hydrogens (tertiary/aromatic N) is 4. The summed E-state index contributed by atoms with van der Waals surface area (Å²) in [6, 6.07) is 35.0. The molecule has 1 saturated heterocycles. The van der Waals surface area contributed by atoms with Gasteiger partial charge in [0.25, 0.3) is 0 Å². The third-order valence-corrected chi connectivity index (χ3v) is 12.1.